The van der Waals surface area contributed by atoms with Crippen LogP contribution in [0.3, 0.4) is 0 Å². The van der Waals surface area contributed by atoms with Crippen molar-refractivity contribution in [3.05, 3.63) is 39.9 Å². The molecule has 5 heteroatoms. The maximum Gasteiger partial charge on any atom is 0.269 e. The van der Waals surface area contributed by atoms with E-state index in [9.17, 15) is 15.2 Å². The van der Waals surface area contributed by atoms with E-state index in [1.165, 1.54) is 6.07 Å². The molecule has 0 aromatic heterocycles. The van der Waals surface area contributed by atoms with E-state index in [4.69, 9.17) is 0 Å². The van der Waals surface area contributed by atoms with Gasteiger partial charge in [-0.3, -0.25) is 10.1 Å². The lowest BCUT2D eigenvalue weighted by atomic mass is 9.92. The van der Waals surface area contributed by atoms with Gasteiger partial charge in [-0.1, -0.05) is 12.1 Å². The van der Waals surface area contributed by atoms with E-state index >= 15 is 0 Å². The van der Waals surface area contributed by atoms with Gasteiger partial charge >= 0.3 is 0 Å². The van der Waals surface area contributed by atoms with Gasteiger partial charge in [0.15, 0.2) is 0 Å². The van der Waals surface area contributed by atoms with E-state index in [0.29, 0.717) is 0 Å². The van der Waals surface area contributed by atoms with Crippen molar-refractivity contribution >= 4 is 5.69 Å². The minimum atomic E-state index is -0.374. The Labute approximate surface area is 112 Å². The lowest BCUT2D eigenvalue weighted by Crippen LogP contribution is -2.37. The van der Waals surface area contributed by atoms with Crippen molar-refractivity contribution in [1.82, 2.24) is 5.32 Å². The lowest BCUT2D eigenvalue weighted by molar-refractivity contribution is -0.384. The fraction of sp³-hybridized carbons (Fsp3) is 0.571. The molecule has 104 valence electrons. The van der Waals surface area contributed by atoms with Gasteiger partial charge in [0.25, 0.3) is 5.69 Å². The van der Waals surface area contributed by atoms with Crippen LogP contribution in [-0.2, 0) is 0 Å². The summed E-state index contributed by atoms with van der Waals surface area (Å²) in [4.78, 5) is 10.4. The molecule has 0 spiro atoms. The van der Waals surface area contributed by atoms with Crippen LogP contribution in [0.25, 0.3) is 0 Å². The second kappa shape index (κ2) is 6.12. The quantitative estimate of drug-likeness (QED) is 0.647. The highest BCUT2D eigenvalue weighted by Crippen LogP contribution is 2.23. The first-order valence-corrected chi connectivity index (χ1v) is 6.74. The number of hydrogen-bond donors (Lipinski definition) is 2. The van der Waals surface area contributed by atoms with Crippen LogP contribution in [-0.4, -0.2) is 22.2 Å². The van der Waals surface area contributed by atoms with Crippen molar-refractivity contribution in [3.63, 3.8) is 0 Å². The molecule has 1 aromatic carbocycles. The van der Waals surface area contributed by atoms with Crippen molar-refractivity contribution in [2.75, 3.05) is 0 Å². The fourth-order valence-electron chi connectivity index (χ4n) is 2.67. The molecule has 1 aromatic rings. The zero-order chi connectivity index (χ0) is 13.8. The zero-order valence-electron chi connectivity index (χ0n) is 11.1. The van der Waals surface area contributed by atoms with Gasteiger partial charge in [-0.25, -0.2) is 0 Å². The Morgan fingerprint density at radius 3 is 2.95 bits per heavy atom. The summed E-state index contributed by atoms with van der Waals surface area (Å²) in [6.07, 6.45) is 3.50. The van der Waals surface area contributed by atoms with E-state index in [2.05, 4.69) is 5.32 Å². The minimum absolute atomic E-state index is 0.0511. The predicted molar refractivity (Wildman–Crippen MR) is 72.9 cm³/mol. The molecule has 2 N–H and O–H groups in total. The number of nitrogens with one attached hydrogen (secondary N) is 1. The van der Waals surface area contributed by atoms with Crippen LogP contribution in [0.4, 0.5) is 5.69 Å². The average molecular weight is 264 g/mol. The van der Waals surface area contributed by atoms with Crippen LogP contribution >= 0.6 is 0 Å². The minimum Gasteiger partial charge on any atom is -0.393 e. The number of hydrogen-bond acceptors (Lipinski definition) is 4. The monoisotopic (exact) mass is 264 g/mol. The van der Waals surface area contributed by atoms with Crippen molar-refractivity contribution in [1.29, 1.82) is 0 Å². The third kappa shape index (κ3) is 3.75. The molecule has 0 aliphatic heterocycles. The van der Waals surface area contributed by atoms with Gasteiger partial charge < -0.3 is 10.4 Å². The lowest BCUT2D eigenvalue weighted by Gasteiger charge is -2.29. The van der Waals surface area contributed by atoms with Gasteiger partial charge in [0.05, 0.1) is 11.0 Å². The van der Waals surface area contributed by atoms with Crippen LogP contribution in [0, 0.1) is 10.1 Å². The summed E-state index contributed by atoms with van der Waals surface area (Å²) in [5, 5.41) is 23.9. The molecule has 19 heavy (non-hydrogen) atoms. The summed E-state index contributed by atoms with van der Waals surface area (Å²) in [7, 11) is 0. The van der Waals surface area contributed by atoms with Gasteiger partial charge in [0.1, 0.15) is 0 Å². The normalized spacial score (nSPS) is 24.9. The molecular formula is C14H20N2O3. The molecule has 5 nitrogen and oxygen atoms in total. The highest BCUT2D eigenvalue weighted by Gasteiger charge is 2.22. The first-order valence-electron chi connectivity index (χ1n) is 6.74. The van der Waals surface area contributed by atoms with E-state index in [1.807, 2.05) is 13.0 Å². The molecule has 1 aliphatic rings. The second-order valence-corrected chi connectivity index (χ2v) is 5.26. The number of nitrogens with zero attached hydrogens (tertiary/aromatic N) is 1. The molecule has 1 saturated carbocycles. The highest BCUT2D eigenvalue weighted by molar-refractivity contribution is 5.35. The molecule has 0 heterocycles. The summed E-state index contributed by atoms with van der Waals surface area (Å²) in [6.45, 7) is 2.00. The third-order valence-corrected chi connectivity index (χ3v) is 3.71. The van der Waals surface area contributed by atoms with Gasteiger partial charge in [-0.2, -0.15) is 0 Å². The number of aliphatic hydroxyl groups excluding tert-OH is 1. The molecule has 3 unspecified atom stereocenters. The predicted octanol–water partition coefficient (Wildman–Crippen LogP) is 2.55. The standard InChI is InChI=1S/C14H20N2O3/c1-10(15-12-5-3-7-14(17)9-12)11-4-2-6-13(8-11)16(18)19/h2,4,6,8,10,12,14-15,17H,3,5,7,9H2,1H3. The molecule has 1 fully saturated rings. The van der Waals surface area contributed by atoms with Crippen molar-refractivity contribution in [3.8, 4) is 0 Å². The Bertz CT molecular complexity index is 450. The first-order chi connectivity index (χ1) is 9.06. The molecular weight excluding hydrogens is 244 g/mol. The Kier molecular flexibility index (Phi) is 4.50. The maximum atomic E-state index is 10.8. The number of non-ortho nitro benzene ring substituents is 1. The van der Waals surface area contributed by atoms with E-state index in [-0.39, 0.29) is 28.8 Å². The van der Waals surface area contributed by atoms with Crippen LogP contribution < -0.4 is 5.32 Å². The number of aliphatic hydroxyl groups is 1. The topological polar surface area (TPSA) is 75.4 Å². The van der Waals surface area contributed by atoms with Crippen LogP contribution in [0.5, 0.6) is 0 Å². The fourth-order valence-corrected chi connectivity index (χ4v) is 2.67. The largest absolute Gasteiger partial charge is 0.393 e. The highest BCUT2D eigenvalue weighted by atomic mass is 16.6. The molecule has 1 aliphatic carbocycles. The number of benzene rings is 1. The summed E-state index contributed by atoms with van der Waals surface area (Å²) in [5.41, 5.74) is 1.03. The van der Waals surface area contributed by atoms with Gasteiger partial charge in [0.2, 0.25) is 0 Å². The number of nitro benzene ring substituents is 1. The van der Waals surface area contributed by atoms with Crippen LogP contribution in [0.2, 0.25) is 0 Å². The second-order valence-electron chi connectivity index (χ2n) is 5.26. The van der Waals surface area contributed by atoms with Crippen molar-refractivity contribution in [2.24, 2.45) is 0 Å². The molecule has 0 saturated heterocycles. The van der Waals surface area contributed by atoms with E-state index in [0.717, 1.165) is 31.2 Å². The molecule has 0 amide bonds. The summed E-state index contributed by atoms with van der Waals surface area (Å²) in [5.74, 6) is 0. The van der Waals surface area contributed by atoms with Crippen LogP contribution in [0.1, 0.15) is 44.2 Å². The zero-order valence-corrected chi connectivity index (χ0v) is 11.1. The Morgan fingerprint density at radius 2 is 2.26 bits per heavy atom. The Morgan fingerprint density at radius 1 is 1.47 bits per heavy atom. The van der Waals surface area contributed by atoms with Gasteiger partial charge in [-0.05, 0) is 38.2 Å². The van der Waals surface area contributed by atoms with Crippen LogP contribution in [0.15, 0.2) is 24.3 Å². The van der Waals surface area contributed by atoms with Crippen molar-refractivity contribution in [2.45, 2.75) is 50.8 Å². The smallest absolute Gasteiger partial charge is 0.269 e. The summed E-state index contributed by atoms with van der Waals surface area (Å²) < 4.78 is 0. The van der Waals surface area contributed by atoms with E-state index < -0.39 is 0 Å². The maximum absolute atomic E-state index is 10.8. The van der Waals surface area contributed by atoms with Crippen molar-refractivity contribution < 1.29 is 10.0 Å². The summed E-state index contributed by atoms with van der Waals surface area (Å²) in [6, 6.07) is 7.05. The Balaban J connectivity index is 2.01. The first kappa shape index (κ1) is 14.0. The summed E-state index contributed by atoms with van der Waals surface area (Å²) >= 11 is 0. The Hall–Kier alpha value is -1.46. The molecule has 2 rings (SSSR count). The molecule has 0 radical (unpaired) electrons. The third-order valence-electron chi connectivity index (χ3n) is 3.71. The number of nitro groups is 1. The van der Waals surface area contributed by atoms with Gasteiger partial charge in [-0.15, -0.1) is 0 Å². The van der Waals surface area contributed by atoms with E-state index in [1.54, 1.807) is 12.1 Å². The average Bonchev–Trinajstić information content (AvgIpc) is 2.39. The van der Waals surface area contributed by atoms with Gasteiger partial charge in [0, 0.05) is 24.2 Å². The molecule has 0 bridgehead atoms. The number of rotatable bonds is 4. The molecule has 3 atom stereocenters. The SMILES string of the molecule is CC(NC1CCCC(O)C1)c1cccc([N+](=O)[O-])c1.